The summed E-state index contributed by atoms with van der Waals surface area (Å²) in [5.41, 5.74) is 1.70. The van der Waals surface area contributed by atoms with E-state index in [0.29, 0.717) is 30.8 Å². The van der Waals surface area contributed by atoms with E-state index in [1.54, 1.807) is 4.90 Å². The SMILES string of the molecule is CC1(C)CN(C(=O)[C@@H]2CC[C@H](C(=O)O)C2)c2cccc(Cl)c21. The van der Waals surface area contributed by atoms with Gasteiger partial charge in [0.2, 0.25) is 5.91 Å². The predicted molar refractivity (Wildman–Crippen MR) is 85.3 cm³/mol. The third-order valence-corrected chi connectivity index (χ3v) is 5.22. The lowest BCUT2D eigenvalue weighted by Gasteiger charge is -2.23. The van der Waals surface area contributed by atoms with E-state index in [2.05, 4.69) is 13.8 Å². The number of nitrogens with zero attached hydrogens (tertiary/aromatic N) is 1. The summed E-state index contributed by atoms with van der Waals surface area (Å²) < 4.78 is 0. The minimum Gasteiger partial charge on any atom is -0.481 e. The Morgan fingerprint density at radius 2 is 1.95 bits per heavy atom. The van der Waals surface area contributed by atoms with Crippen molar-refractivity contribution >= 4 is 29.2 Å². The van der Waals surface area contributed by atoms with Crippen molar-refractivity contribution in [1.82, 2.24) is 0 Å². The Bertz CT molecular complexity index is 641. The number of halogens is 1. The third-order valence-electron chi connectivity index (χ3n) is 4.91. The minimum absolute atomic E-state index is 0.0397. The standard InChI is InChI=1S/C17H20ClNO3/c1-17(2)9-19(13-5-3-4-12(18)14(13)17)15(20)10-6-7-11(8-10)16(21)22/h3-5,10-11H,6-9H2,1-2H3,(H,21,22)/t10-,11+/m1/s1. The molecule has 1 fully saturated rings. The molecule has 2 aliphatic rings. The highest BCUT2D eigenvalue weighted by atomic mass is 35.5. The molecule has 22 heavy (non-hydrogen) atoms. The fourth-order valence-electron chi connectivity index (χ4n) is 3.81. The molecule has 1 heterocycles. The Kier molecular flexibility index (Phi) is 3.68. The van der Waals surface area contributed by atoms with Crippen LogP contribution in [0.5, 0.6) is 0 Å². The van der Waals surface area contributed by atoms with Crippen LogP contribution in [-0.4, -0.2) is 23.5 Å². The van der Waals surface area contributed by atoms with Gasteiger partial charge in [0.1, 0.15) is 0 Å². The van der Waals surface area contributed by atoms with Crippen LogP contribution in [0.2, 0.25) is 5.02 Å². The number of carboxylic acid groups (broad SMARTS) is 1. The normalized spacial score (nSPS) is 26.0. The Morgan fingerprint density at radius 3 is 2.59 bits per heavy atom. The fourth-order valence-corrected chi connectivity index (χ4v) is 4.24. The molecule has 1 aliphatic carbocycles. The summed E-state index contributed by atoms with van der Waals surface area (Å²) in [4.78, 5) is 25.8. The van der Waals surface area contributed by atoms with Gasteiger partial charge in [-0.05, 0) is 31.4 Å². The topological polar surface area (TPSA) is 57.6 Å². The van der Waals surface area contributed by atoms with E-state index < -0.39 is 5.97 Å². The second kappa shape index (κ2) is 5.27. The molecule has 0 aromatic heterocycles. The molecule has 0 unspecified atom stereocenters. The van der Waals surface area contributed by atoms with Crippen LogP contribution in [0.25, 0.3) is 0 Å². The maximum Gasteiger partial charge on any atom is 0.306 e. The van der Waals surface area contributed by atoms with E-state index in [4.69, 9.17) is 16.7 Å². The van der Waals surface area contributed by atoms with Crippen molar-refractivity contribution in [3.63, 3.8) is 0 Å². The number of rotatable bonds is 2. The van der Waals surface area contributed by atoms with Gasteiger partial charge in [0.15, 0.2) is 0 Å². The third kappa shape index (κ3) is 2.39. The molecule has 0 bridgehead atoms. The lowest BCUT2D eigenvalue weighted by Crippen LogP contribution is -2.37. The molecule has 4 nitrogen and oxygen atoms in total. The average Bonchev–Trinajstić information content (AvgIpc) is 3.02. The number of carboxylic acids is 1. The second-order valence-electron chi connectivity index (χ2n) is 6.99. The fraction of sp³-hybridized carbons (Fsp3) is 0.529. The van der Waals surface area contributed by atoms with Gasteiger partial charge in [-0.25, -0.2) is 0 Å². The van der Waals surface area contributed by atoms with Crippen molar-refractivity contribution in [1.29, 1.82) is 0 Å². The number of amides is 1. The van der Waals surface area contributed by atoms with E-state index >= 15 is 0 Å². The van der Waals surface area contributed by atoms with Gasteiger partial charge in [-0.15, -0.1) is 0 Å². The van der Waals surface area contributed by atoms with E-state index in [9.17, 15) is 9.59 Å². The maximum absolute atomic E-state index is 12.9. The van der Waals surface area contributed by atoms with Gasteiger partial charge < -0.3 is 10.0 Å². The van der Waals surface area contributed by atoms with Crippen molar-refractivity contribution in [3.05, 3.63) is 28.8 Å². The van der Waals surface area contributed by atoms with Gasteiger partial charge in [-0.2, -0.15) is 0 Å². The molecular formula is C17H20ClNO3. The first-order chi connectivity index (χ1) is 10.3. The van der Waals surface area contributed by atoms with Crippen molar-refractivity contribution in [2.24, 2.45) is 11.8 Å². The van der Waals surface area contributed by atoms with E-state index in [1.807, 2.05) is 18.2 Å². The first-order valence-corrected chi connectivity index (χ1v) is 8.02. The summed E-state index contributed by atoms with van der Waals surface area (Å²) >= 11 is 6.33. The summed E-state index contributed by atoms with van der Waals surface area (Å²) in [6.07, 6.45) is 1.69. The molecule has 0 saturated heterocycles. The van der Waals surface area contributed by atoms with Crippen molar-refractivity contribution in [2.45, 2.75) is 38.5 Å². The molecule has 1 aromatic carbocycles. The molecular weight excluding hydrogens is 302 g/mol. The highest BCUT2D eigenvalue weighted by Crippen LogP contribution is 2.46. The highest BCUT2D eigenvalue weighted by molar-refractivity contribution is 6.32. The molecule has 5 heteroatoms. The number of carbonyl (C=O) groups is 2. The largest absolute Gasteiger partial charge is 0.481 e. The number of hydrogen-bond acceptors (Lipinski definition) is 2. The zero-order valence-electron chi connectivity index (χ0n) is 12.8. The van der Waals surface area contributed by atoms with Gasteiger partial charge in [0, 0.05) is 34.2 Å². The number of hydrogen-bond donors (Lipinski definition) is 1. The molecule has 1 saturated carbocycles. The van der Waals surface area contributed by atoms with Gasteiger partial charge >= 0.3 is 5.97 Å². The van der Waals surface area contributed by atoms with Crippen LogP contribution in [-0.2, 0) is 15.0 Å². The van der Waals surface area contributed by atoms with Gasteiger partial charge in [0.05, 0.1) is 5.92 Å². The maximum atomic E-state index is 12.9. The number of carbonyl (C=O) groups excluding carboxylic acids is 1. The number of fused-ring (bicyclic) bond motifs is 1. The van der Waals surface area contributed by atoms with Gasteiger partial charge in [-0.1, -0.05) is 31.5 Å². The zero-order valence-corrected chi connectivity index (χ0v) is 13.6. The molecule has 1 aliphatic heterocycles. The summed E-state index contributed by atoms with van der Waals surface area (Å²) in [6.45, 7) is 4.76. The second-order valence-corrected chi connectivity index (χ2v) is 7.39. The molecule has 1 N–H and O–H groups in total. The summed E-state index contributed by atoms with van der Waals surface area (Å²) in [5, 5.41) is 9.80. The predicted octanol–water partition coefficient (Wildman–Crippen LogP) is 3.47. The zero-order chi connectivity index (χ0) is 16.1. The number of anilines is 1. The molecule has 3 rings (SSSR count). The van der Waals surface area contributed by atoms with Crippen molar-refractivity contribution in [3.8, 4) is 0 Å². The summed E-state index contributed by atoms with van der Waals surface area (Å²) in [5.74, 6) is -1.33. The molecule has 0 spiro atoms. The summed E-state index contributed by atoms with van der Waals surface area (Å²) in [7, 11) is 0. The Labute approximate surface area is 135 Å². The smallest absolute Gasteiger partial charge is 0.306 e. The van der Waals surface area contributed by atoms with Crippen LogP contribution < -0.4 is 4.90 Å². The highest BCUT2D eigenvalue weighted by Gasteiger charge is 2.43. The van der Waals surface area contributed by atoms with Crippen LogP contribution >= 0.6 is 11.6 Å². The van der Waals surface area contributed by atoms with Crippen molar-refractivity contribution < 1.29 is 14.7 Å². The Balaban J connectivity index is 1.87. The van der Waals surface area contributed by atoms with Crippen LogP contribution in [0.3, 0.4) is 0 Å². The first-order valence-electron chi connectivity index (χ1n) is 7.64. The molecule has 1 amide bonds. The lowest BCUT2D eigenvalue weighted by molar-refractivity contribution is -0.141. The van der Waals surface area contributed by atoms with Crippen molar-refractivity contribution in [2.75, 3.05) is 11.4 Å². The molecule has 0 radical (unpaired) electrons. The Morgan fingerprint density at radius 1 is 1.27 bits per heavy atom. The van der Waals surface area contributed by atoms with Crippen LogP contribution in [0, 0.1) is 11.8 Å². The quantitative estimate of drug-likeness (QED) is 0.907. The van der Waals surface area contributed by atoms with E-state index in [-0.39, 0.29) is 23.2 Å². The Hall–Kier alpha value is -1.55. The number of benzene rings is 1. The molecule has 118 valence electrons. The van der Waals surface area contributed by atoms with Crippen LogP contribution in [0.1, 0.15) is 38.7 Å². The minimum atomic E-state index is -0.791. The van der Waals surface area contributed by atoms with E-state index in [1.165, 1.54) is 0 Å². The first kappa shape index (κ1) is 15.3. The molecule has 1 aromatic rings. The lowest BCUT2D eigenvalue weighted by atomic mass is 9.87. The monoisotopic (exact) mass is 321 g/mol. The molecule has 2 atom stereocenters. The number of aliphatic carboxylic acids is 1. The average molecular weight is 322 g/mol. The summed E-state index contributed by atoms with van der Waals surface area (Å²) in [6, 6.07) is 5.64. The van der Waals surface area contributed by atoms with Gasteiger partial charge in [-0.3, -0.25) is 9.59 Å². The van der Waals surface area contributed by atoms with Crippen LogP contribution in [0.4, 0.5) is 5.69 Å². The van der Waals surface area contributed by atoms with E-state index in [0.717, 1.165) is 11.3 Å². The van der Waals surface area contributed by atoms with Gasteiger partial charge in [0.25, 0.3) is 0 Å². The van der Waals surface area contributed by atoms with Crippen LogP contribution in [0.15, 0.2) is 18.2 Å².